The number of nitrogens with zero attached hydrogens (tertiary/aromatic N) is 1. The molecule has 1 aromatic rings. The van der Waals surface area contributed by atoms with Gasteiger partial charge in [-0.05, 0) is 31.0 Å². The Kier molecular flexibility index (Phi) is 5.52. The van der Waals surface area contributed by atoms with Crippen LogP contribution in [0.2, 0.25) is 5.02 Å². The number of esters is 1. The average molecular weight is 376 g/mol. The molecule has 9 heteroatoms. The first-order valence-corrected chi connectivity index (χ1v) is 9.19. The van der Waals surface area contributed by atoms with Crippen molar-refractivity contribution in [1.29, 1.82) is 0 Å². The monoisotopic (exact) mass is 375 g/mol. The van der Waals surface area contributed by atoms with Gasteiger partial charge in [0.2, 0.25) is 10.0 Å². The van der Waals surface area contributed by atoms with Crippen LogP contribution in [0, 0.1) is 11.8 Å². The molecule has 0 spiro atoms. The molecule has 1 N–H and O–H groups in total. The van der Waals surface area contributed by atoms with Gasteiger partial charge in [-0.1, -0.05) is 18.5 Å². The Morgan fingerprint density at radius 3 is 2.54 bits per heavy atom. The molecule has 1 heterocycles. The molecule has 0 amide bonds. The van der Waals surface area contributed by atoms with Crippen LogP contribution in [0.5, 0.6) is 0 Å². The fraction of sp³-hybridized carbons (Fsp3) is 0.467. The molecule has 24 heavy (non-hydrogen) atoms. The third-order valence-corrected chi connectivity index (χ3v) is 5.94. The minimum atomic E-state index is -3.95. The van der Waals surface area contributed by atoms with Gasteiger partial charge in [0.05, 0.1) is 23.0 Å². The molecule has 1 aliphatic heterocycles. The van der Waals surface area contributed by atoms with E-state index in [1.807, 2.05) is 0 Å². The molecule has 1 aliphatic rings. The van der Waals surface area contributed by atoms with Crippen molar-refractivity contribution >= 4 is 33.6 Å². The zero-order valence-corrected chi connectivity index (χ0v) is 14.8. The number of aliphatic carboxylic acids is 1. The smallest absolute Gasteiger partial charge is 0.338 e. The number of ether oxygens (including phenoxy) is 1. The topological polar surface area (TPSA) is 101 Å². The maximum absolute atomic E-state index is 12.8. The molecular formula is C15H18ClNO6S. The van der Waals surface area contributed by atoms with Crippen molar-refractivity contribution in [2.24, 2.45) is 11.8 Å². The second-order valence-corrected chi connectivity index (χ2v) is 8.01. The van der Waals surface area contributed by atoms with Gasteiger partial charge in [0, 0.05) is 18.1 Å². The van der Waals surface area contributed by atoms with E-state index < -0.39 is 27.9 Å². The van der Waals surface area contributed by atoms with Crippen LogP contribution in [0.3, 0.4) is 0 Å². The summed E-state index contributed by atoms with van der Waals surface area (Å²) in [5.41, 5.74) is 0.0324. The SMILES string of the molecule is CCOC(=O)c1cc(Cl)cc(S(=O)(=O)N2C[C@@H](C)[C@H](C(=O)O)C2)c1. The summed E-state index contributed by atoms with van der Waals surface area (Å²) in [5, 5.41) is 9.24. The third-order valence-electron chi connectivity index (χ3n) is 3.92. The molecule has 0 unspecified atom stereocenters. The van der Waals surface area contributed by atoms with Crippen molar-refractivity contribution in [3.8, 4) is 0 Å². The number of hydrogen-bond acceptors (Lipinski definition) is 5. The molecule has 7 nitrogen and oxygen atoms in total. The van der Waals surface area contributed by atoms with Crippen molar-refractivity contribution < 1.29 is 27.9 Å². The Morgan fingerprint density at radius 2 is 2.00 bits per heavy atom. The lowest BCUT2D eigenvalue weighted by molar-refractivity contribution is -0.142. The van der Waals surface area contributed by atoms with Crippen LogP contribution in [-0.4, -0.2) is 49.5 Å². The number of benzene rings is 1. The van der Waals surface area contributed by atoms with E-state index in [4.69, 9.17) is 21.4 Å². The van der Waals surface area contributed by atoms with Crippen LogP contribution in [0.15, 0.2) is 23.1 Å². The summed E-state index contributed by atoms with van der Waals surface area (Å²) in [6, 6.07) is 3.75. The van der Waals surface area contributed by atoms with Gasteiger partial charge < -0.3 is 9.84 Å². The molecule has 2 rings (SSSR count). The van der Waals surface area contributed by atoms with Gasteiger partial charge >= 0.3 is 11.9 Å². The molecule has 0 saturated carbocycles. The van der Waals surface area contributed by atoms with E-state index in [1.165, 1.54) is 18.2 Å². The summed E-state index contributed by atoms with van der Waals surface area (Å²) in [6.45, 7) is 3.46. The molecule has 0 aromatic heterocycles. The van der Waals surface area contributed by atoms with Gasteiger partial charge in [0.15, 0.2) is 0 Å². The fourth-order valence-corrected chi connectivity index (χ4v) is 4.57. The van der Waals surface area contributed by atoms with Crippen LogP contribution in [0.25, 0.3) is 0 Å². The zero-order chi connectivity index (χ0) is 18.1. The second kappa shape index (κ2) is 7.08. The highest BCUT2D eigenvalue weighted by Gasteiger charge is 2.40. The Hall–Kier alpha value is -1.64. The van der Waals surface area contributed by atoms with E-state index in [2.05, 4.69) is 0 Å². The molecular weight excluding hydrogens is 358 g/mol. The van der Waals surface area contributed by atoms with E-state index in [1.54, 1.807) is 13.8 Å². The molecule has 1 fully saturated rings. The summed E-state index contributed by atoms with van der Waals surface area (Å²) in [6.07, 6.45) is 0. The summed E-state index contributed by atoms with van der Waals surface area (Å²) in [7, 11) is -3.95. The number of hydrogen-bond donors (Lipinski definition) is 1. The molecule has 0 aliphatic carbocycles. The van der Waals surface area contributed by atoms with E-state index in [0.29, 0.717) is 0 Å². The van der Waals surface area contributed by atoms with Crippen molar-refractivity contribution in [1.82, 2.24) is 4.31 Å². The number of rotatable bonds is 5. The van der Waals surface area contributed by atoms with E-state index in [9.17, 15) is 18.0 Å². The predicted octanol–water partition coefficient (Wildman–Crippen LogP) is 1.86. The summed E-state index contributed by atoms with van der Waals surface area (Å²) in [5.74, 6) is -2.77. The third kappa shape index (κ3) is 3.71. The minimum absolute atomic E-state index is 0.0324. The Morgan fingerprint density at radius 1 is 1.33 bits per heavy atom. The normalized spacial score (nSPS) is 21.6. The zero-order valence-electron chi connectivity index (χ0n) is 13.2. The maximum atomic E-state index is 12.8. The number of sulfonamides is 1. The first-order valence-electron chi connectivity index (χ1n) is 7.37. The van der Waals surface area contributed by atoms with Gasteiger partial charge in [0.1, 0.15) is 0 Å². The number of carboxylic acid groups (broad SMARTS) is 1. The van der Waals surface area contributed by atoms with Gasteiger partial charge in [0.25, 0.3) is 0 Å². The van der Waals surface area contributed by atoms with Crippen LogP contribution >= 0.6 is 11.6 Å². The summed E-state index contributed by atoms with van der Waals surface area (Å²) < 4.78 is 31.5. The van der Waals surface area contributed by atoms with Crippen molar-refractivity contribution in [3.05, 3.63) is 28.8 Å². The fourth-order valence-electron chi connectivity index (χ4n) is 2.63. The minimum Gasteiger partial charge on any atom is -0.481 e. The number of halogens is 1. The first kappa shape index (κ1) is 18.7. The maximum Gasteiger partial charge on any atom is 0.338 e. The van der Waals surface area contributed by atoms with Crippen molar-refractivity contribution in [2.75, 3.05) is 19.7 Å². The first-order chi connectivity index (χ1) is 11.2. The molecule has 1 saturated heterocycles. The van der Waals surface area contributed by atoms with Crippen molar-refractivity contribution in [2.45, 2.75) is 18.7 Å². The van der Waals surface area contributed by atoms with Crippen LogP contribution in [0.1, 0.15) is 24.2 Å². The Labute approximate surface area is 145 Å². The Balaban J connectivity index is 2.36. The number of carboxylic acids is 1. The van der Waals surface area contributed by atoms with Crippen molar-refractivity contribution in [3.63, 3.8) is 0 Å². The molecule has 0 radical (unpaired) electrons. The molecule has 0 bridgehead atoms. The number of carbonyl (C=O) groups is 2. The second-order valence-electron chi connectivity index (χ2n) is 5.64. The van der Waals surface area contributed by atoms with E-state index in [0.717, 1.165) is 4.31 Å². The summed E-state index contributed by atoms with van der Waals surface area (Å²) >= 11 is 5.93. The van der Waals surface area contributed by atoms with Gasteiger partial charge in [-0.3, -0.25) is 4.79 Å². The predicted molar refractivity (Wildman–Crippen MR) is 86.5 cm³/mol. The van der Waals surface area contributed by atoms with Crippen LogP contribution in [0.4, 0.5) is 0 Å². The molecule has 1 aromatic carbocycles. The Bertz CT molecular complexity index is 763. The number of carbonyl (C=O) groups excluding carboxylic acids is 1. The highest BCUT2D eigenvalue weighted by atomic mass is 35.5. The van der Waals surface area contributed by atoms with Crippen LogP contribution < -0.4 is 0 Å². The quantitative estimate of drug-likeness (QED) is 0.788. The lowest BCUT2D eigenvalue weighted by atomic mass is 9.99. The van der Waals surface area contributed by atoms with Gasteiger partial charge in [-0.15, -0.1) is 0 Å². The molecule has 2 atom stereocenters. The molecule has 132 valence electrons. The lowest BCUT2D eigenvalue weighted by Crippen LogP contribution is -2.30. The van der Waals surface area contributed by atoms with Gasteiger partial charge in [-0.2, -0.15) is 4.31 Å². The highest BCUT2D eigenvalue weighted by molar-refractivity contribution is 7.89. The van der Waals surface area contributed by atoms with E-state index >= 15 is 0 Å². The standard InChI is InChI=1S/C15H18ClNO6S/c1-3-23-15(20)10-4-11(16)6-12(5-10)24(21,22)17-7-9(2)13(8-17)14(18)19/h4-6,9,13H,3,7-8H2,1-2H3,(H,18,19)/t9-,13-/m1/s1. The largest absolute Gasteiger partial charge is 0.481 e. The summed E-state index contributed by atoms with van der Waals surface area (Å²) in [4.78, 5) is 22.9. The average Bonchev–Trinajstić information content (AvgIpc) is 2.89. The van der Waals surface area contributed by atoms with Crippen LogP contribution in [-0.2, 0) is 19.6 Å². The highest BCUT2D eigenvalue weighted by Crippen LogP contribution is 2.30. The lowest BCUT2D eigenvalue weighted by Gasteiger charge is -2.17. The van der Waals surface area contributed by atoms with E-state index in [-0.39, 0.29) is 41.1 Å². The van der Waals surface area contributed by atoms with Gasteiger partial charge in [-0.25, -0.2) is 13.2 Å².